The Labute approximate surface area is 129 Å². The van der Waals surface area contributed by atoms with Gasteiger partial charge in [0.1, 0.15) is 0 Å². The number of nitrogens with one attached hydrogen (secondary N) is 1. The summed E-state index contributed by atoms with van der Waals surface area (Å²) in [5.74, 6) is 0. The molecule has 2 nitrogen and oxygen atoms in total. The van der Waals surface area contributed by atoms with E-state index in [4.69, 9.17) is 5.73 Å². The molecule has 0 saturated carbocycles. The molecule has 2 aromatic rings. The smallest absolute Gasteiger partial charge is 0.398 e. The lowest BCUT2D eigenvalue weighted by Crippen LogP contribution is -2.08. The van der Waals surface area contributed by atoms with Gasteiger partial charge in [-0.3, -0.25) is 0 Å². The third-order valence-corrected chi connectivity index (χ3v) is 3.83. The lowest BCUT2D eigenvalue weighted by molar-refractivity contribution is -0.138. The molecule has 0 unspecified atom stereocenters. The van der Waals surface area contributed by atoms with E-state index in [1.807, 2.05) is 6.92 Å². The molecule has 0 aliphatic carbocycles. The zero-order valence-corrected chi connectivity index (χ0v) is 13.1. The van der Waals surface area contributed by atoms with Crippen LogP contribution < -0.4 is 11.1 Å². The molecule has 0 saturated heterocycles. The van der Waals surface area contributed by atoms with Gasteiger partial charge < -0.3 is 11.1 Å². The molecule has 112 valence electrons. The van der Waals surface area contributed by atoms with Crippen molar-refractivity contribution in [2.45, 2.75) is 20.0 Å². The first kappa shape index (κ1) is 15.7. The minimum absolute atomic E-state index is 0.195. The van der Waals surface area contributed by atoms with E-state index in [0.717, 1.165) is 11.6 Å². The molecule has 2 aromatic carbocycles. The van der Waals surface area contributed by atoms with E-state index in [1.165, 1.54) is 13.0 Å². The Morgan fingerprint density at radius 2 is 1.71 bits per heavy atom. The summed E-state index contributed by atoms with van der Waals surface area (Å²) in [5, 5.41) is 2.98. The highest BCUT2D eigenvalue weighted by Crippen LogP contribution is 2.35. The van der Waals surface area contributed by atoms with E-state index in [0.29, 0.717) is 21.5 Å². The van der Waals surface area contributed by atoms with E-state index in [-0.39, 0.29) is 5.56 Å². The molecule has 0 atom stereocenters. The normalized spacial score (nSPS) is 11.5. The van der Waals surface area contributed by atoms with E-state index in [1.54, 1.807) is 18.2 Å². The maximum Gasteiger partial charge on any atom is 0.416 e. The molecule has 0 fully saturated rings. The van der Waals surface area contributed by atoms with Crippen molar-refractivity contribution < 1.29 is 13.2 Å². The molecule has 0 heterocycles. The molecule has 21 heavy (non-hydrogen) atoms. The Hall–Kier alpha value is -1.69. The SMILES string of the molecule is Cc1cc(Nc2ccc(C)c(C(F)(F)F)c2)c(Br)cc1N. The summed E-state index contributed by atoms with van der Waals surface area (Å²) >= 11 is 3.35. The predicted octanol–water partition coefficient (Wildman–Crippen LogP) is 5.41. The Kier molecular flexibility index (Phi) is 4.18. The molecule has 3 N–H and O–H groups in total. The van der Waals surface area contributed by atoms with Crippen molar-refractivity contribution >= 4 is 33.0 Å². The number of halogens is 4. The summed E-state index contributed by atoms with van der Waals surface area (Å²) < 4.78 is 39.4. The predicted molar refractivity (Wildman–Crippen MR) is 82.8 cm³/mol. The number of rotatable bonds is 2. The first-order valence-corrected chi connectivity index (χ1v) is 6.98. The van der Waals surface area contributed by atoms with Crippen LogP contribution in [0.5, 0.6) is 0 Å². The third kappa shape index (κ3) is 3.50. The summed E-state index contributed by atoms with van der Waals surface area (Å²) in [7, 11) is 0. The second-order valence-electron chi connectivity index (χ2n) is 4.84. The van der Waals surface area contributed by atoms with Gasteiger partial charge in [-0.1, -0.05) is 6.07 Å². The quantitative estimate of drug-likeness (QED) is 0.704. The lowest BCUT2D eigenvalue weighted by atomic mass is 10.1. The summed E-state index contributed by atoms with van der Waals surface area (Å²) in [6.45, 7) is 3.28. The van der Waals surface area contributed by atoms with Crippen LogP contribution in [0.3, 0.4) is 0 Å². The lowest BCUT2D eigenvalue weighted by Gasteiger charge is -2.15. The summed E-state index contributed by atoms with van der Waals surface area (Å²) in [4.78, 5) is 0. The van der Waals surface area contributed by atoms with Crippen LogP contribution in [0.1, 0.15) is 16.7 Å². The van der Waals surface area contributed by atoms with E-state index >= 15 is 0 Å². The molecule has 0 spiro atoms. The van der Waals surface area contributed by atoms with Crippen LogP contribution in [0.4, 0.5) is 30.2 Å². The summed E-state index contributed by atoms with van der Waals surface area (Å²) in [6.07, 6.45) is -4.37. The van der Waals surface area contributed by atoms with Gasteiger partial charge >= 0.3 is 6.18 Å². The number of hydrogen-bond acceptors (Lipinski definition) is 2. The highest BCUT2D eigenvalue weighted by molar-refractivity contribution is 9.10. The average Bonchev–Trinajstić information content (AvgIpc) is 2.37. The summed E-state index contributed by atoms with van der Waals surface area (Å²) in [6, 6.07) is 7.67. The average molecular weight is 359 g/mol. The van der Waals surface area contributed by atoms with Gasteiger partial charge in [-0.2, -0.15) is 13.2 Å². The molecule has 0 aromatic heterocycles. The Bertz CT molecular complexity index is 681. The topological polar surface area (TPSA) is 38.0 Å². The van der Waals surface area contributed by atoms with Crippen LogP contribution in [0.2, 0.25) is 0 Å². The van der Waals surface area contributed by atoms with E-state index < -0.39 is 11.7 Å². The number of aryl methyl sites for hydroxylation is 2. The fraction of sp³-hybridized carbons (Fsp3) is 0.200. The fourth-order valence-electron chi connectivity index (χ4n) is 1.95. The van der Waals surface area contributed by atoms with Crippen LogP contribution in [0.25, 0.3) is 0 Å². The van der Waals surface area contributed by atoms with E-state index in [2.05, 4.69) is 21.2 Å². The third-order valence-electron chi connectivity index (χ3n) is 3.18. The standard InChI is InChI=1S/C15H14BrF3N2/c1-8-3-4-10(6-11(8)15(17,18)19)21-14-5-9(2)13(20)7-12(14)16/h3-7,21H,20H2,1-2H3. The molecule has 0 bridgehead atoms. The first-order chi connectivity index (χ1) is 9.68. The van der Waals surface area contributed by atoms with Crippen molar-refractivity contribution in [2.24, 2.45) is 0 Å². The Morgan fingerprint density at radius 1 is 1.05 bits per heavy atom. The Morgan fingerprint density at radius 3 is 2.33 bits per heavy atom. The van der Waals surface area contributed by atoms with Crippen molar-refractivity contribution in [3.8, 4) is 0 Å². The van der Waals surface area contributed by atoms with Crippen molar-refractivity contribution in [3.05, 3.63) is 51.5 Å². The molecule has 0 aliphatic heterocycles. The maximum atomic E-state index is 12.9. The molecule has 6 heteroatoms. The van der Waals surface area contributed by atoms with Crippen LogP contribution in [0, 0.1) is 13.8 Å². The van der Waals surface area contributed by atoms with Gasteiger partial charge in [0, 0.05) is 15.8 Å². The molecular formula is C15H14BrF3N2. The second-order valence-corrected chi connectivity index (χ2v) is 5.70. The van der Waals surface area contributed by atoms with Crippen molar-refractivity contribution in [1.82, 2.24) is 0 Å². The Balaban J connectivity index is 2.39. The molecule has 0 aliphatic rings. The number of benzene rings is 2. The van der Waals surface area contributed by atoms with Gasteiger partial charge in [0.05, 0.1) is 11.3 Å². The number of anilines is 3. The van der Waals surface area contributed by atoms with Gasteiger partial charge in [-0.15, -0.1) is 0 Å². The zero-order valence-electron chi connectivity index (χ0n) is 11.5. The largest absolute Gasteiger partial charge is 0.416 e. The molecule has 0 radical (unpaired) electrons. The molecule has 0 amide bonds. The van der Waals surface area contributed by atoms with Crippen molar-refractivity contribution in [2.75, 3.05) is 11.1 Å². The number of alkyl halides is 3. The molecular weight excluding hydrogens is 345 g/mol. The summed E-state index contributed by atoms with van der Waals surface area (Å²) in [5.41, 5.74) is 7.84. The van der Waals surface area contributed by atoms with Gasteiger partial charge in [0.25, 0.3) is 0 Å². The minimum Gasteiger partial charge on any atom is -0.398 e. The van der Waals surface area contributed by atoms with Crippen LogP contribution >= 0.6 is 15.9 Å². The van der Waals surface area contributed by atoms with Gasteiger partial charge in [-0.25, -0.2) is 0 Å². The van der Waals surface area contributed by atoms with E-state index in [9.17, 15) is 13.2 Å². The van der Waals surface area contributed by atoms with Crippen LogP contribution in [-0.4, -0.2) is 0 Å². The maximum absolute atomic E-state index is 12.9. The number of nitrogen functional groups attached to an aromatic ring is 1. The molecule has 2 rings (SSSR count). The van der Waals surface area contributed by atoms with Gasteiger partial charge in [0.15, 0.2) is 0 Å². The number of hydrogen-bond donors (Lipinski definition) is 2. The highest BCUT2D eigenvalue weighted by atomic mass is 79.9. The van der Waals surface area contributed by atoms with Crippen LogP contribution in [-0.2, 0) is 6.18 Å². The van der Waals surface area contributed by atoms with Gasteiger partial charge in [0.2, 0.25) is 0 Å². The first-order valence-electron chi connectivity index (χ1n) is 6.19. The van der Waals surface area contributed by atoms with Crippen molar-refractivity contribution in [1.29, 1.82) is 0 Å². The second kappa shape index (κ2) is 5.60. The minimum atomic E-state index is -4.37. The van der Waals surface area contributed by atoms with Crippen molar-refractivity contribution in [3.63, 3.8) is 0 Å². The number of nitrogens with two attached hydrogens (primary N) is 1. The van der Waals surface area contributed by atoms with Gasteiger partial charge in [-0.05, 0) is 65.2 Å². The fourth-order valence-corrected chi connectivity index (χ4v) is 2.41. The highest BCUT2D eigenvalue weighted by Gasteiger charge is 2.32. The van der Waals surface area contributed by atoms with Crippen LogP contribution in [0.15, 0.2) is 34.8 Å². The zero-order chi connectivity index (χ0) is 15.8. The monoisotopic (exact) mass is 358 g/mol.